The van der Waals surface area contributed by atoms with Crippen LogP contribution in [-0.4, -0.2) is 0 Å². The van der Waals surface area contributed by atoms with E-state index in [1.54, 1.807) is 17.4 Å². The van der Waals surface area contributed by atoms with Crippen LogP contribution in [0.15, 0.2) is 35.2 Å². The molecule has 3 aromatic rings. The van der Waals surface area contributed by atoms with Crippen LogP contribution in [-0.2, 0) is 12.8 Å². The van der Waals surface area contributed by atoms with Gasteiger partial charge < -0.3 is 0 Å². The Morgan fingerprint density at radius 3 is 2.10 bits per heavy atom. The molecule has 3 rings (SSSR count). The monoisotopic (exact) mass is 436 g/mol. The van der Waals surface area contributed by atoms with E-state index in [0.717, 1.165) is 17.7 Å². The van der Waals surface area contributed by atoms with Gasteiger partial charge >= 0.3 is 0 Å². The Hall–Kier alpha value is -2.18. The summed E-state index contributed by atoms with van der Waals surface area (Å²) < 4.78 is 0. The van der Waals surface area contributed by atoms with Gasteiger partial charge in [-0.2, -0.15) is 10.5 Å². The second-order valence-electron chi connectivity index (χ2n) is 6.89. The Balaban J connectivity index is 2.10. The van der Waals surface area contributed by atoms with Crippen LogP contribution in [0, 0.1) is 22.7 Å². The van der Waals surface area contributed by atoms with Crippen LogP contribution >= 0.6 is 34.0 Å². The Morgan fingerprint density at radius 1 is 0.897 bits per heavy atom. The van der Waals surface area contributed by atoms with Crippen molar-refractivity contribution < 1.29 is 0 Å². The Kier molecular flexibility index (Phi) is 7.83. The van der Waals surface area contributed by atoms with Gasteiger partial charge in [0, 0.05) is 24.4 Å². The largest absolute Gasteiger partial charge is 0.192 e. The van der Waals surface area contributed by atoms with Crippen molar-refractivity contribution in [3.05, 3.63) is 51.2 Å². The number of nitriles is 2. The molecule has 0 bridgehead atoms. The van der Waals surface area contributed by atoms with Crippen molar-refractivity contribution in [2.45, 2.75) is 52.4 Å². The molecule has 0 amide bonds. The summed E-state index contributed by atoms with van der Waals surface area (Å²) in [6, 6.07) is 12.4. The predicted octanol–water partition coefficient (Wildman–Crippen LogP) is 8.32. The lowest BCUT2D eigenvalue weighted by molar-refractivity contribution is 0.764. The van der Waals surface area contributed by atoms with Crippen LogP contribution < -0.4 is 0 Å². The van der Waals surface area contributed by atoms with E-state index in [1.807, 2.05) is 40.9 Å². The van der Waals surface area contributed by atoms with Crippen molar-refractivity contribution in [2.24, 2.45) is 0 Å². The molecule has 0 fully saturated rings. The maximum atomic E-state index is 9.05. The molecule has 3 heterocycles. The first-order valence-electron chi connectivity index (χ1n) is 10.0. The zero-order valence-electron chi connectivity index (χ0n) is 16.8. The minimum Gasteiger partial charge on any atom is -0.192 e. The van der Waals surface area contributed by atoms with E-state index in [-0.39, 0.29) is 5.57 Å². The minimum atomic E-state index is 0.152. The summed E-state index contributed by atoms with van der Waals surface area (Å²) in [5.74, 6) is 0. The van der Waals surface area contributed by atoms with Crippen molar-refractivity contribution in [1.29, 1.82) is 10.5 Å². The zero-order chi connectivity index (χ0) is 20.6. The number of unbranched alkanes of at least 4 members (excludes halogenated alkanes) is 2. The van der Waals surface area contributed by atoms with Gasteiger partial charge in [-0.05, 0) is 66.5 Å². The summed E-state index contributed by atoms with van der Waals surface area (Å²) in [5.41, 5.74) is 3.19. The summed E-state index contributed by atoms with van der Waals surface area (Å²) in [5, 5.41) is 20.3. The number of hydrogen-bond acceptors (Lipinski definition) is 5. The molecule has 5 heteroatoms. The van der Waals surface area contributed by atoms with E-state index in [2.05, 4.69) is 37.4 Å². The molecule has 0 aliphatic heterocycles. The van der Waals surface area contributed by atoms with Crippen LogP contribution in [0.3, 0.4) is 0 Å². The highest BCUT2D eigenvalue weighted by atomic mass is 32.1. The second-order valence-corrected chi connectivity index (χ2v) is 9.97. The lowest BCUT2D eigenvalue weighted by atomic mass is 9.97. The first-order chi connectivity index (χ1) is 14.2. The highest BCUT2D eigenvalue weighted by molar-refractivity contribution is 7.26. The van der Waals surface area contributed by atoms with Gasteiger partial charge in [-0.1, -0.05) is 32.8 Å². The van der Waals surface area contributed by atoms with Gasteiger partial charge in [0.15, 0.2) is 0 Å². The normalized spacial score (nSPS) is 10.5. The summed E-state index contributed by atoms with van der Waals surface area (Å²) >= 11 is 5.40. The van der Waals surface area contributed by atoms with Crippen LogP contribution in [0.25, 0.3) is 25.6 Å². The molecule has 0 saturated heterocycles. The van der Waals surface area contributed by atoms with E-state index in [0.29, 0.717) is 0 Å². The number of nitrogens with zero attached hydrogens (tertiary/aromatic N) is 2. The van der Waals surface area contributed by atoms with E-state index in [4.69, 9.17) is 10.5 Å². The molecule has 3 aromatic heterocycles. The van der Waals surface area contributed by atoms with Gasteiger partial charge in [0.1, 0.15) is 17.7 Å². The number of hydrogen-bond donors (Lipinski definition) is 0. The molecule has 148 valence electrons. The highest BCUT2D eigenvalue weighted by Gasteiger charge is 2.21. The van der Waals surface area contributed by atoms with Gasteiger partial charge in [-0.25, -0.2) is 0 Å². The fraction of sp³-hybridized carbons (Fsp3) is 0.333. The molecule has 0 aliphatic carbocycles. The van der Waals surface area contributed by atoms with Gasteiger partial charge in [-0.3, -0.25) is 0 Å². The van der Waals surface area contributed by atoms with E-state index < -0.39 is 0 Å². The molecular formula is C24H24N2S3. The molecule has 0 aliphatic rings. The molecule has 0 aromatic carbocycles. The first kappa shape index (κ1) is 21.5. The minimum absolute atomic E-state index is 0.152. The summed E-state index contributed by atoms with van der Waals surface area (Å²) in [6.45, 7) is 4.50. The molecule has 29 heavy (non-hydrogen) atoms. The lowest BCUT2D eigenvalue weighted by Gasteiger charge is -2.08. The standard InChI is InChI=1S/C24H24N2S3/c1-3-5-8-19-20(9-6-4-2)24(29-23(19)21-10-7-13-27-21)22-12-11-18(28-22)14-17(15-25)16-26/h7,10-14H,3-6,8-9H2,1-2H3. The van der Waals surface area contributed by atoms with E-state index in [1.165, 1.54) is 56.3 Å². The molecule has 0 atom stereocenters. The molecular weight excluding hydrogens is 412 g/mol. The quantitative estimate of drug-likeness (QED) is 0.317. The smallest absolute Gasteiger partial charge is 0.131 e. The Bertz CT molecular complexity index is 1040. The van der Waals surface area contributed by atoms with E-state index >= 15 is 0 Å². The number of thiophene rings is 3. The van der Waals surface area contributed by atoms with Crippen molar-refractivity contribution in [3.8, 4) is 31.6 Å². The summed E-state index contributed by atoms with van der Waals surface area (Å²) in [6.07, 6.45) is 8.70. The fourth-order valence-corrected chi connectivity index (χ4v) is 6.69. The van der Waals surface area contributed by atoms with Crippen molar-refractivity contribution in [1.82, 2.24) is 0 Å². The van der Waals surface area contributed by atoms with Crippen molar-refractivity contribution in [3.63, 3.8) is 0 Å². The summed E-state index contributed by atoms with van der Waals surface area (Å²) in [7, 11) is 0. The SMILES string of the molecule is CCCCc1c(-c2cccs2)sc(-c2ccc(C=C(C#N)C#N)s2)c1CCCC. The molecule has 0 spiro atoms. The number of allylic oxidation sites excluding steroid dienone is 1. The Labute approximate surface area is 185 Å². The van der Waals surface area contributed by atoms with Gasteiger partial charge in [-0.15, -0.1) is 34.0 Å². The third kappa shape index (κ3) is 5.06. The average Bonchev–Trinajstić information content (AvgIpc) is 3.48. The van der Waals surface area contributed by atoms with Crippen LogP contribution in [0.4, 0.5) is 0 Å². The predicted molar refractivity (Wildman–Crippen MR) is 127 cm³/mol. The first-order valence-corrected chi connectivity index (χ1v) is 12.5. The molecule has 0 radical (unpaired) electrons. The lowest BCUT2D eigenvalue weighted by Crippen LogP contribution is -1.94. The summed E-state index contributed by atoms with van der Waals surface area (Å²) in [4.78, 5) is 6.35. The fourth-order valence-electron chi connectivity index (χ4n) is 3.33. The van der Waals surface area contributed by atoms with Gasteiger partial charge in [0.05, 0.1) is 0 Å². The maximum absolute atomic E-state index is 9.05. The van der Waals surface area contributed by atoms with Gasteiger partial charge in [0.2, 0.25) is 0 Å². The molecule has 0 saturated carbocycles. The van der Waals surface area contributed by atoms with Crippen LogP contribution in [0.5, 0.6) is 0 Å². The van der Waals surface area contributed by atoms with Crippen molar-refractivity contribution >= 4 is 40.1 Å². The average molecular weight is 437 g/mol. The van der Waals surface area contributed by atoms with Crippen LogP contribution in [0.1, 0.15) is 55.5 Å². The maximum Gasteiger partial charge on any atom is 0.131 e. The molecule has 0 unspecified atom stereocenters. The molecule has 0 N–H and O–H groups in total. The Morgan fingerprint density at radius 2 is 1.55 bits per heavy atom. The third-order valence-corrected chi connectivity index (χ3v) is 8.34. The highest BCUT2D eigenvalue weighted by Crippen LogP contribution is 2.46. The topological polar surface area (TPSA) is 47.6 Å². The number of rotatable bonds is 9. The van der Waals surface area contributed by atoms with E-state index in [9.17, 15) is 0 Å². The van der Waals surface area contributed by atoms with Crippen LogP contribution in [0.2, 0.25) is 0 Å². The zero-order valence-corrected chi connectivity index (χ0v) is 19.3. The second kappa shape index (κ2) is 10.6. The van der Waals surface area contributed by atoms with Crippen molar-refractivity contribution in [2.75, 3.05) is 0 Å². The third-order valence-electron chi connectivity index (χ3n) is 4.80. The molecule has 2 nitrogen and oxygen atoms in total. The van der Waals surface area contributed by atoms with Gasteiger partial charge in [0.25, 0.3) is 0 Å².